The highest BCUT2D eigenvalue weighted by molar-refractivity contribution is 5.95. The summed E-state index contributed by atoms with van der Waals surface area (Å²) in [7, 11) is 0. The van der Waals surface area contributed by atoms with Crippen molar-refractivity contribution in [3.05, 3.63) is 18.2 Å². The zero-order valence-corrected chi connectivity index (χ0v) is 14.2. The molecule has 1 amide bonds. The first-order chi connectivity index (χ1) is 11.0. The van der Waals surface area contributed by atoms with Crippen molar-refractivity contribution in [2.75, 3.05) is 25.2 Å². The van der Waals surface area contributed by atoms with Gasteiger partial charge in [0.1, 0.15) is 0 Å². The van der Waals surface area contributed by atoms with Crippen LogP contribution in [0.4, 0.5) is 5.69 Å². The summed E-state index contributed by atoms with van der Waals surface area (Å²) in [6.45, 7) is 3.13. The normalized spacial score (nSPS) is 20.8. The summed E-state index contributed by atoms with van der Waals surface area (Å²) in [5.41, 5.74) is 0.637. The fraction of sp³-hybridized carbons (Fsp3) is 0.500. The molecule has 0 aromatic heterocycles. The molecule has 0 radical (unpaired) electrons. The molecule has 7 nitrogen and oxygen atoms in total. The second-order valence-electron chi connectivity index (χ2n) is 5.91. The molecule has 2 N–H and O–H groups in total. The van der Waals surface area contributed by atoms with E-state index in [4.69, 9.17) is 14.6 Å². The lowest BCUT2D eigenvalue weighted by Crippen LogP contribution is -2.48. The first kappa shape index (κ1) is 18.4. The molecule has 2 atom stereocenters. The molecule has 0 bridgehead atoms. The fourth-order valence-corrected chi connectivity index (χ4v) is 2.95. The highest BCUT2D eigenvalue weighted by Crippen LogP contribution is 2.34. The number of carbonyl (C=O) groups is 2. The third-order valence-electron chi connectivity index (χ3n) is 4.37. The number of ether oxygens (including phenoxy) is 2. The third kappa shape index (κ3) is 3.91. The number of carboxylic acids is 1. The maximum Gasteiger partial charge on any atom is 0.307 e. The van der Waals surface area contributed by atoms with Gasteiger partial charge in [0.2, 0.25) is 12.7 Å². The van der Waals surface area contributed by atoms with Gasteiger partial charge in [0.05, 0.1) is 12.0 Å². The molecule has 2 heterocycles. The molecule has 1 fully saturated rings. The number of benzene rings is 1. The molecule has 1 saturated heterocycles. The van der Waals surface area contributed by atoms with Gasteiger partial charge in [-0.15, -0.1) is 12.4 Å². The standard InChI is InChI=1S/C16H20N2O5.ClH/c1-10(18-6-2-3-11(8-18)16(20)21)15(19)17-12-4-5-13-14(7-12)23-9-22-13;/h4-5,7,10-11H,2-3,6,8-9H2,1H3,(H,17,19)(H,20,21);1H. The Bertz CT molecular complexity index is 624. The number of hydrogen-bond donors (Lipinski definition) is 2. The highest BCUT2D eigenvalue weighted by Gasteiger charge is 2.30. The smallest absolute Gasteiger partial charge is 0.307 e. The van der Waals surface area contributed by atoms with Crippen molar-refractivity contribution in [3.8, 4) is 11.5 Å². The number of aliphatic carboxylic acids is 1. The molecule has 2 aliphatic rings. The summed E-state index contributed by atoms with van der Waals surface area (Å²) in [5.74, 6) is -0.0757. The predicted octanol–water partition coefficient (Wildman–Crippen LogP) is 1.96. The van der Waals surface area contributed by atoms with E-state index < -0.39 is 11.9 Å². The first-order valence-corrected chi connectivity index (χ1v) is 7.72. The Morgan fingerprint density at radius 2 is 2.08 bits per heavy atom. The molecule has 132 valence electrons. The van der Waals surface area contributed by atoms with Gasteiger partial charge in [-0.05, 0) is 38.4 Å². The zero-order chi connectivity index (χ0) is 16.4. The van der Waals surface area contributed by atoms with Crippen molar-refractivity contribution in [3.63, 3.8) is 0 Å². The van der Waals surface area contributed by atoms with Gasteiger partial charge in [0, 0.05) is 18.3 Å². The summed E-state index contributed by atoms with van der Waals surface area (Å²) in [4.78, 5) is 25.5. The average Bonchev–Trinajstić information content (AvgIpc) is 3.01. The monoisotopic (exact) mass is 356 g/mol. The maximum absolute atomic E-state index is 12.4. The molecule has 24 heavy (non-hydrogen) atoms. The Kier molecular flexibility index (Phi) is 5.90. The molecule has 1 aromatic rings. The SMILES string of the molecule is CC(C(=O)Nc1ccc2c(c1)OCO2)N1CCCC(C(=O)O)C1.Cl. The summed E-state index contributed by atoms with van der Waals surface area (Å²) >= 11 is 0. The number of carbonyl (C=O) groups excluding carboxylic acids is 1. The van der Waals surface area contributed by atoms with Crippen LogP contribution in [0, 0.1) is 5.92 Å². The second-order valence-corrected chi connectivity index (χ2v) is 5.91. The Morgan fingerprint density at radius 1 is 1.33 bits per heavy atom. The lowest BCUT2D eigenvalue weighted by molar-refractivity contribution is -0.144. The Morgan fingerprint density at radius 3 is 2.83 bits per heavy atom. The van der Waals surface area contributed by atoms with Crippen LogP contribution in [0.5, 0.6) is 11.5 Å². The number of hydrogen-bond acceptors (Lipinski definition) is 5. The Hall–Kier alpha value is -1.99. The number of nitrogens with one attached hydrogen (secondary N) is 1. The zero-order valence-electron chi connectivity index (χ0n) is 13.4. The van der Waals surface area contributed by atoms with Crippen LogP contribution in [0.2, 0.25) is 0 Å². The number of piperidine rings is 1. The van der Waals surface area contributed by atoms with Crippen LogP contribution >= 0.6 is 12.4 Å². The quantitative estimate of drug-likeness (QED) is 0.857. The minimum Gasteiger partial charge on any atom is -0.481 e. The largest absolute Gasteiger partial charge is 0.481 e. The van der Waals surface area contributed by atoms with E-state index in [-0.39, 0.29) is 31.1 Å². The van der Waals surface area contributed by atoms with Gasteiger partial charge in [-0.1, -0.05) is 0 Å². The van der Waals surface area contributed by atoms with Crippen molar-refractivity contribution in [2.45, 2.75) is 25.8 Å². The van der Waals surface area contributed by atoms with E-state index in [0.29, 0.717) is 30.2 Å². The van der Waals surface area contributed by atoms with E-state index >= 15 is 0 Å². The molecular formula is C16H21ClN2O5. The summed E-state index contributed by atoms with van der Waals surface area (Å²) in [5, 5.41) is 12.0. The van der Waals surface area contributed by atoms with Crippen LogP contribution in [0.25, 0.3) is 0 Å². The fourth-order valence-electron chi connectivity index (χ4n) is 2.95. The van der Waals surface area contributed by atoms with Gasteiger partial charge in [-0.3, -0.25) is 14.5 Å². The van der Waals surface area contributed by atoms with E-state index in [1.165, 1.54) is 0 Å². The first-order valence-electron chi connectivity index (χ1n) is 7.72. The molecule has 8 heteroatoms. The van der Waals surface area contributed by atoms with Crippen molar-refractivity contribution in [1.29, 1.82) is 0 Å². The van der Waals surface area contributed by atoms with E-state index in [1.54, 1.807) is 25.1 Å². The summed E-state index contributed by atoms with van der Waals surface area (Å²) in [6, 6.07) is 4.85. The number of likely N-dealkylation sites (tertiary alicyclic amines) is 1. The van der Waals surface area contributed by atoms with Crippen molar-refractivity contribution in [2.24, 2.45) is 5.92 Å². The highest BCUT2D eigenvalue weighted by atomic mass is 35.5. The number of amides is 1. The molecule has 0 aliphatic carbocycles. The van der Waals surface area contributed by atoms with Crippen molar-refractivity contribution in [1.82, 2.24) is 4.90 Å². The molecule has 3 rings (SSSR count). The lowest BCUT2D eigenvalue weighted by atomic mass is 9.97. The molecule has 1 aromatic carbocycles. The van der Waals surface area contributed by atoms with E-state index in [0.717, 1.165) is 13.0 Å². The molecule has 2 unspecified atom stereocenters. The van der Waals surface area contributed by atoms with Crippen LogP contribution < -0.4 is 14.8 Å². The molecule has 0 saturated carbocycles. The number of rotatable bonds is 4. The number of halogens is 1. The van der Waals surface area contributed by atoms with Gasteiger partial charge in [-0.25, -0.2) is 0 Å². The van der Waals surface area contributed by atoms with Crippen LogP contribution in [0.15, 0.2) is 18.2 Å². The van der Waals surface area contributed by atoms with Crippen LogP contribution in [-0.2, 0) is 9.59 Å². The average molecular weight is 357 g/mol. The van der Waals surface area contributed by atoms with Gasteiger partial charge in [0.25, 0.3) is 0 Å². The van der Waals surface area contributed by atoms with E-state index in [2.05, 4.69) is 5.32 Å². The minimum atomic E-state index is -0.793. The topological polar surface area (TPSA) is 88.1 Å². The van der Waals surface area contributed by atoms with Gasteiger partial charge >= 0.3 is 5.97 Å². The molecule has 2 aliphatic heterocycles. The third-order valence-corrected chi connectivity index (χ3v) is 4.37. The Balaban J connectivity index is 0.00000208. The Labute approximate surface area is 146 Å². The number of anilines is 1. The van der Waals surface area contributed by atoms with Crippen molar-refractivity contribution >= 4 is 30.0 Å². The van der Waals surface area contributed by atoms with E-state index in [1.807, 2.05) is 4.90 Å². The van der Waals surface area contributed by atoms with Gasteiger partial charge in [0.15, 0.2) is 11.5 Å². The summed E-state index contributed by atoms with van der Waals surface area (Å²) in [6.07, 6.45) is 1.46. The van der Waals surface area contributed by atoms with E-state index in [9.17, 15) is 9.59 Å². The van der Waals surface area contributed by atoms with Crippen LogP contribution in [0.3, 0.4) is 0 Å². The minimum absolute atomic E-state index is 0. The van der Waals surface area contributed by atoms with Gasteiger partial charge < -0.3 is 19.9 Å². The van der Waals surface area contributed by atoms with Crippen LogP contribution in [-0.4, -0.2) is 47.8 Å². The second kappa shape index (κ2) is 7.72. The number of carboxylic acid groups (broad SMARTS) is 1. The molecule has 0 spiro atoms. The lowest BCUT2D eigenvalue weighted by Gasteiger charge is -2.34. The van der Waals surface area contributed by atoms with Crippen LogP contribution in [0.1, 0.15) is 19.8 Å². The van der Waals surface area contributed by atoms with Crippen molar-refractivity contribution < 1.29 is 24.2 Å². The number of fused-ring (bicyclic) bond motifs is 1. The predicted molar refractivity (Wildman–Crippen MR) is 89.8 cm³/mol. The maximum atomic E-state index is 12.4. The molecular weight excluding hydrogens is 336 g/mol. The number of nitrogens with zero attached hydrogens (tertiary/aromatic N) is 1. The van der Waals surface area contributed by atoms with Gasteiger partial charge in [-0.2, -0.15) is 0 Å². The summed E-state index contributed by atoms with van der Waals surface area (Å²) < 4.78 is 10.5.